The Bertz CT molecular complexity index is 1540. The van der Waals surface area contributed by atoms with Crippen LogP contribution in [-0.4, -0.2) is 29.2 Å². The molecule has 0 amide bonds. The van der Waals surface area contributed by atoms with Crippen LogP contribution < -0.4 is 10.1 Å². The van der Waals surface area contributed by atoms with Crippen LogP contribution in [0.15, 0.2) is 68.8 Å². The van der Waals surface area contributed by atoms with Crippen LogP contribution in [0.1, 0.15) is 28.6 Å². The summed E-state index contributed by atoms with van der Waals surface area (Å²) < 4.78 is 27.9. The van der Waals surface area contributed by atoms with Gasteiger partial charge in [0.2, 0.25) is 10.1 Å². The van der Waals surface area contributed by atoms with Crippen molar-refractivity contribution in [1.82, 2.24) is 9.97 Å². The number of aromatic nitrogens is 2. The van der Waals surface area contributed by atoms with Gasteiger partial charge >= 0.3 is 0 Å². The summed E-state index contributed by atoms with van der Waals surface area (Å²) in [5.41, 5.74) is 6.74. The molecule has 0 aliphatic rings. The van der Waals surface area contributed by atoms with Crippen LogP contribution in [-0.2, 0) is 10.0 Å². The van der Waals surface area contributed by atoms with E-state index < -0.39 is 10.0 Å². The number of anilines is 2. The number of nitrogens with one attached hydrogen (secondary N) is 2. The van der Waals surface area contributed by atoms with E-state index in [1.165, 1.54) is 11.3 Å². The number of aromatic hydroxyl groups is 1. The minimum Gasteiger partial charge on any atom is -0.491 e. The third kappa shape index (κ3) is 6.11. The highest BCUT2D eigenvalue weighted by Crippen LogP contribution is 2.37. The lowest BCUT2D eigenvalue weighted by Gasteiger charge is -2.05. The number of hydrogen-bond donors (Lipinski definition) is 3. The molecule has 2 aromatic heterocycles. The molecule has 2 heterocycles. The SMILES string of the molecule is C/C(=N\Nc1nc(O)c(N=Nc2ccc(C)cc2)s1)c1sc(NS(=O)(=O)c2ccc(C)cc2)nc1C. The summed E-state index contributed by atoms with van der Waals surface area (Å²) in [4.78, 5) is 9.21. The van der Waals surface area contributed by atoms with Gasteiger partial charge in [0.15, 0.2) is 5.13 Å². The van der Waals surface area contributed by atoms with Crippen molar-refractivity contribution in [2.75, 3.05) is 10.1 Å². The first-order chi connectivity index (χ1) is 17.1. The Morgan fingerprint density at radius 3 is 2.19 bits per heavy atom. The molecule has 0 atom stereocenters. The molecule has 0 saturated heterocycles. The number of rotatable bonds is 8. The maximum atomic E-state index is 12.7. The van der Waals surface area contributed by atoms with Crippen LogP contribution in [0.25, 0.3) is 0 Å². The van der Waals surface area contributed by atoms with Gasteiger partial charge in [0, 0.05) is 0 Å². The third-order valence-corrected chi connectivity index (χ3v) is 8.38. The van der Waals surface area contributed by atoms with Gasteiger partial charge in [0.05, 0.1) is 26.9 Å². The van der Waals surface area contributed by atoms with Crippen LogP contribution in [0.5, 0.6) is 5.88 Å². The van der Waals surface area contributed by atoms with Crippen LogP contribution in [0.2, 0.25) is 0 Å². The van der Waals surface area contributed by atoms with Gasteiger partial charge in [-0.3, -0.25) is 10.1 Å². The Morgan fingerprint density at radius 1 is 0.889 bits per heavy atom. The van der Waals surface area contributed by atoms with Crippen molar-refractivity contribution in [2.24, 2.45) is 15.3 Å². The molecule has 13 heteroatoms. The zero-order valence-corrected chi connectivity index (χ0v) is 22.3. The molecule has 0 radical (unpaired) electrons. The van der Waals surface area contributed by atoms with Crippen molar-refractivity contribution in [3.63, 3.8) is 0 Å². The van der Waals surface area contributed by atoms with Crippen molar-refractivity contribution in [3.8, 4) is 5.88 Å². The number of sulfonamides is 1. The van der Waals surface area contributed by atoms with Gasteiger partial charge in [-0.15, -0.1) is 10.2 Å². The van der Waals surface area contributed by atoms with E-state index in [4.69, 9.17) is 0 Å². The lowest BCUT2D eigenvalue weighted by atomic mass is 10.2. The number of hydrogen-bond acceptors (Lipinski definition) is 11. The average molecular weight is 542 g/mol. The molecule has 2 aromatic carbocycles. The molecule has 3 N–H and O–H groups in total. The molecule has 4 aromatic rings. The van der Waals surface area contributed by atoms with Gasteiger partial charge in [-0.25, -0.2) is 13.4 Å². The Labute approximate surface area is 216 Å². The van der Waals surface area contributed by atoms with E-state index in [0.717, 1.165) is 22.5 Å². The second kappa shape index (κ2) is 10.5. The zero-order chi connectivity index (χ0) is 25.9. The molecule has 0 saturated carbocycles. The van der Waals surface area contributed by atoms with Crippen molar-refractivity contribution in [3.05, 3.63) is 70.2 Å². The smallest absolute Gasteiger partial charge is 0.263 e. The standard InChI is InChI=1S/C23H23N7O3S3/c1-13-5-9-17(10-6-13)27-28-21-20(31)25-22(35-21)29-26-16(4)19-15(3)24-23(34-19)30-36(32,33)18-11-7-14(2)8-12-18/h5-12,31H,1-4H3,(H,24,30)(H,25,29)/b26-16+,28-27?. The minimum atomic E-state index is -3.76. The van der Waals surface area contributed by atoms with E-state index in [1.54, 1.807) is 38.1 Å². The van der Waals surface area contributed by atoms with Crippen molar-refractivity contribution in [1.29, 1.82) is 0 Å². The first kappa shape index (κ1) is 25.4. The summed E-state index contributed by atoms with van der Waals surface area (Å²) in [7, 11) is -3.76. The van der Waals surface area contributed by atoms with Crippen molar-refractivity contribution >= 4 is 59.4 Å². The average Bonchev–Trinajstić information content (AvgIpc) is 3.38. The fraction of sp³-hybridized carbons (Fsp3) is 0.174. The van der Waals surface area contributed by atoms with Crippen LogP contribution in [0.3, 0.4) is 0 Å². The second-order valence-electron chi connectivity index (χ2n) is 7.84. The topological polar surface area (TPSA) is 141 Å². The maximum Gasteiger partial charge on any atom is 0.263 e. The first-order valence-corrected chi connectivity index (χ1v) is 13.8. The number of benzene rings is 2. The monoisotopic (exact) mass is 541 g/mol. The molecular formula is C23H23N7O3S3. The second-order valence-corrected chi connectivity index (χ2v) is 11.5. The van der Waals surface area contributed by atoms with E-state index in [-0.39, 0.29) is 20.9 Å². The van der Waals surface area contributed by atoms with Gasteiger partial charge in [-0.2, -0.15) is 10.1 Å². The fourth-order valence-corrected chi connectivity index (χ4v) is 5.75. The predicted molar refractivity (Wildman–Crippen MR) is 144 cm³/mol. The van der Waals surface area contributed by atoms with E-state index in [2.05, 4.69) is 35.4 Å². The number of aryl methyl sites for hydroxylation is 3. The largest absolute Gasteiger partial charge is 0.491 e. The molecule has 10 nitrogen and oxygen atoms in total. The fourth-order valence-electron chi connectivity index (χ4n) is 2.98. The van der Waals surface area contributed by atoms with E-state index >= 15 is 0 Å². The Balaban J connectivity index is 1.45. The molecule has 0 aliphatic heterocycles. The first-order valence-electron chi connectivity index (χ1n) is 10.7. The Hall–Kier alpha value is -3.68. The number of hydrazone groups is 1. The molecule has 186 valence electrons. The minimum absolute atomic E-state index is 0.161. The molecule has 0 bridgehead atoms. The van der Waals surface area contributed by atoms with E-state index in [1.807, 2.05) is 38.1 Å². The highest BCUT2D eigenvalue weighted by molar-refractivity contribution is 7.93. The summed E-state index contributed by atoms with van der Waals surface area (Å²) in [5.74, 6) is -0.256. The molecular weight excluding hydrogens is 519 g/mol. The van der Waals surface area contributed by atoms with E-state index in [9.17, 15) is 13.5 Å². The lowest BCUT2D eigenvalue weighted by molar-refractivity contribution is 0.459. The van der Waals surface area contributed by atoms with Crippen molar-refractivity contribution in [2.45, 2.75) is 32.6 Å². The highest BCUT2D eigenvalue weighted by atomic mass is 32.2. The molecule has 4 rings (SSSR count). The van der Waals surface area contributed by atoms with Gasteiger partial charge in [-0.1, -0.05) is 58.1 Å². The van der Waals surface area contributed by atoms with Gasteiger partial charge in [0.25, 0.3) is 15.9 Å². The van der Waals surface area contributed by atoms with Crippen LogP contribution >= 0.6 is 22.7 Å². The molecule has 0 spiro atoms. The van der Waals surface area contributed by atoms with Crippen molar-refractivity contribution < 1.29 is 13.5 Å². The molecule has 0 aliphatic carbocycles. The van der Waals surface area contributed by atoms with Crippen LogP contribution in [0.4, 0.5) is 21.0 Å². The van der Waals surface area contributed by atoms with Gasteiger partial charge in [-0.05, 0) is 52.0 Å². The van der Waals surface area contributed by atoms with Gasteiger partial charge < -0.3 is 5.11 Å². The highest BCUT2D eigenvalue weighted by Gasteiger charge is 2.18. The molecule has 0 unspecified atom stereocenters. The normalized spacial score (nSPS) is 12.3. The Kier molecular flexibility index (Phi) is 7.43. The predicted octanol–water partition coefficient (Wildman–Crippen LogP) is 6.28. The van der Waals surface area contributed by atoms with E-state index in [0.29, 0.717) is 27.1 Å². The summed E-state index contributed by atoms with van der Waals surface area (Å²) in [6.07, 6.45) is 0. The summed E-state index contributed by atoms with van der Waals surface area (Å²) in [5, 5.41) is 23.4. The molecule has 36 heavy (non-hydrogen) atoms. The maximum absolute atomic E-state index is 12.7. The van der Waals surface area contributed by atoms with Gasteiger partial charge in [0.1, 0.15) is 0 Å². The summed E-state index contributed by atoms with van der Waals surface area (Å²) in [6, 6.07) is 14.1. The summed E-state index contributed by atoms with van der Waals surface area (Å²) >= 11 is 2.26. The zero-order valence-electron chi connectivity index (χ0n) is 19.8. The quantitative estimate of drug-likeness (QED) is 0.136. The number of azo groups is 1. The van der Waals surface area contributed by atoms with Crippen LogP contribution in [0, 0.1) is 20.8 Å². The number of thiazole rings is 2. The lowest BCUT2D eigenvalue weighted by Crippen LogP contribution is -2.12. The molecule has 0 fully saturated rings. The third-order valence-electron chi connectivity index (χ3n) is 4.88. The summed E-state index contributed by atoms with van der Waals surface area (Å²) in [6.45, 7) is 7.40. The Morgan fingerprint density at radius 2 is 1.53 bits per heavy atom. The number of nitrogens with zero attached hydrogens (tertiary/aromatic N) is 5.